The molecular weight excluding hydrogens is 498 g/mol. The zero-order valence-corrected chi connectivity index (χ0v) is 22.4. The Morgan fingerprint density at radius 2 is 1.84 bits per heavy atom. The number of anilines is 1. The normalized spacial score (nSPS) is 12.3. The second-order valence-corrected chi connectivity index (χ2v) is 10.1. The molecule has 0 radical (unpaired) electrons. The lowest BCUT2D eigenvalue weighted by atomic mass is 10.1. The van der Waals surface area contributed by atoms with Gasteiger partial charge in [-0.1, -0.05) is 53.7 Å². The van der Waals surface area contributed by atoms with Crippen molar-refractivity contribution in [2.24, 2.45) is 0 Å². The summed E-state index contributed by atoms with van der Waals surface area (Å²) in [5, 5.41) is 12.3. The van der Waals surface area contributed by atoms with Crippen molar-refractivity contribution in [3.8, 4) is 11.4 Å². The maximum atomic E-state index is 13.2. The Hall–Kier alpha value is -4.11. The zero-order valence-electron chi connectivity index (χ0n) is 21.6. The number of carbonyl (C=O) groups excluding carboxylic acids is 2. The first-order valence-electron chi connectivity index (χ1n) is 12.4. The SMILES string of the molecule is COc1cccc(C(=O)NCc2nnc(SCC(=O)N3CCc4ccccc43)n2-c2ccc(C)cc2C)c1. The van der Waals surface area contributed by atoms with Gasteiger partial charge in [0.2, 0.25) is 5.91 Å². The minimum absolute atomic E-state index is 0.0306. The van der Waals surface area contributed by atoms with Crippen molar-refractivity contribution in [2.45, 2.75) is 32.0 Å². The van der Waals surface area contributed by atoms with Crippen LogP contribution in [0.5, 0.6) is 5.75 Å². The fraction of sp³-hybridized carbons (Fsp3) is 0.241. The molecule has 1 aromatic heterocycles. The van der Waals surface area contributed by atoms with Gasteiger partial charge in [0.25, 0.3) is 5.91 Å². The van der Waals surface area contributed by atoms with Crippen LogP contribution in [0.3, 0.4) is 0 Å². The van der Waals surface area contributed by atoms with E-state index in [-0.39, 0.29) is 24.1 Å². The maximum Gasteiger partial charge on any atom is 0.251 e. The van der Waals surface area contributed by atoms with E-state index in [9.17, 15) is 9.59 Å². The van der Waals surface area contributed by atoms with E-state index in [1.165, 1.54) is 17.3 Å². The molecule has 0 aliphatic carbocycles. The lowest BCUT2D eigenvalue weighted by Crippen LogP contribution is -2.30. The Bertz CT molecular complexity index is 1500. The van der Waals surface area contributed by atoms with Gasteiger partial charge in [-0.05, 0) is 61.7 Å². The van der Waals surface area contributed by atoms with Crippen molar-refractivity contribution in [3.63, 3.8) is 0 Å². The van der Waals surface area contributed by atoms with Crippen molar-refractivity contribution < 1.29 is 14.3 Å². The van der Waals surface area contributed by atoms with E-state index in [4.69, 9.17) is 4.74 Å². The highest BCUT2D eigenvalue weighted by Crippen LogP contribution is 2.30. The number of carbonyl (C=O) groups is 2. The minimum Gasteiger partial charge on any atom is -0.497 e. The highest BCUT2D eigenvalue weighted by molar-refractivity contribution is 7.99. The van der Waals surface area contributed by atoms with Gasteiger partial charge in [0, 0.05) is 17.8 Å². The maximum absolute atomic E-state index is 13.2. The Labute approximate surface area is 226 Å². The molecule has 5 rings (SSSR count). The summed E-state index contributed by atoms with van der Waals surface area (Å²) >= 11 is 1.35. The molecule has 8 nitrogen and oxygen atoms in total. The largest absolute Gasteiger partial charge is 0.497 e. The Morgan fingerprint density at radius 1 is 1.00 bits per heavy atom. The van der Waals surface area contributed by atoms with Gasteiger partial charge in [-0.3, -0.25) is 14.2 Å². The second kappa shape index (κ2) is 11.1. The standard InChI is InChI=1S/C29H29N5O3S/c1-19-11-12-24(20(2)15-19)34-26(17-30-28(36)22-8-6-9-23(16-22)37-3)31-32-29(34)38-18-27(35)33-14-13-21-7-4-5-10-25(21)33/h4-12,15-16H,13-14,17-18H2,1-3H3,(H,30,36). The van der Waals surface area contributed by atoms with E-state index in [0.29, 0.717) is 28.8 Å². The molecule has 0 atom stereocenters. The summed E-state index contributed by atoms with van der Waals surface area (Å²) in [7, 11) is 1.57. The lowest BCUT2D eigenvalue weighted by Gasteiger charge is -2.17. The third kappa shape index (κ3) is 5.28. The molecular formula is C29H29N5O3S. The number of hydrogen-bond donors (Lipinski definition) is 1. The molecule has 0 bridgehead atoms. The Balaban J connectivity index is 1.37. The molecule has 1 aliphatic rings. The van der Waals surface area contributed by atoms with Crippen LogP contribution in [0.1, 0.15) is 32.9 Å². The van der Waals surface area contributed by atoms with Crippen molar-refractivity contribution in [1.82, 2.24) is 20.1 Å². The van der Waals surface area contributed by atoms with Crippen molar-refractivity contribution >= 4 is 29.3 Å². The second-order valence-electron chi connectivity index (χ2n) is 9.15. The number of aromatic nitrogens is 3. The average Bonchev–Trinajstić information content (AvgIpc) is 3.55. The third-order valence-electron chi connectivity index (χ3n) is 6.55. The average molecular weight is 528 g/mol. The number of methoxy groups -OCH3 is 1. The molecule has 194 valence electrons. The van der Waals surface area contributed by atoms with Crippen LogP contribution in [0, 0.1) is 13.8 Å². The molecule has 3 aromatic carbocycles. The molecule has 2 amide bonds. The predicted molar refractivity (Wildman–Crippen MR) is 148 cm³/mol. The quantitative estimate of drug-likeness (QED) is 0.339. The van der Waals surface area contributed by atoms with Crippen LogP contribution in [0.25, 0.3) is 5.69 Å². The molecule has 0 spiro atoms. The van der Waals surface area contributed by atoms with E-state index in [2.05, 4.69) is 27.6 Å². The van der Waals surface area contributed by atoms with Crippen molar-refractivity contribution in [3.05, 3.63) is 94.8 Å². The van der Waals surface area contributed by atoms with Crippen LogP contribution in [0.2, 0.25) is 0 Å². The summed E-state index contributed by atoms with van der Waals surface area (Å²) in [6, 6.07) is 21.1. The fourth-order valence-electron chi connectivity index (χ4n) is 4.63. The van der Waals surface area contributed by atoms with Gasteiger partial charge < -0.3 is 15.0 Å². The molecule has 0 saturated heterocycles. The van der Waals surface area contributed by atoms with E-state index in [1.807, 2.05) is 53.6 Å². The monoisotopic (exact) mass is 527 g/mol. The van der Waals surface area contributed by atoms with Gasteiger partial charge in [0.1, 0.15) is 5.75 Å². The van der Waals surface area contributed by atoms with Crippen LogP contribution >= 0.6 is 11.8 Å². The van der Waals surface area contributed by atoms with Gasteiger partial charge in [-0.25, -0.2) is 0 Å². The predicted octanol–water partition coefficient (Wildman–Crippen LogP) is 4.50. The number of amides is 2. The third-order valence-corrected chi connectivity index (χ3v) is 7.46. The molecule has 0 fully saturated rings. The number of ether oxygens (including phenoxy) is 1. The number of hydrogen-bond acceptors (Lipinski definition) is 6. The number of fused-ring (bicyclic) bond motifs is 1. The van der Waals surface area contributed by atoms with Crippen molar-refractivity contribution in [2.75, 3.05) is 24.3 Å². The molecule has 1 N–H and O–H groups in total. The zero-order chi connectivity index (χ0) is 26.6. The number of para-hydroxylation sites is 1. The lowest BCUT2D eigenvalue weighted by molar-refractivity contribution is -0.116. The van der Waals surface area contributed by atoms with Gasteiger partial charge in [0.05, 0.1) is 25.1 Å². The topological polar surface area (TPSA) is 89.3 Å². The van der Waals surface area contributed by atoms with E-state index < -0.39 is 0 Å². The van der Waals surface area contributed by atoms with Crippen LogP contribution in [-0.4, -0.2) is 46.0 Å². The molecule has 0 saturated carbocycles. The number of rotatable bonds is 8. The van der Waals surface area contributed by atoms with Gasteiger partial charge >= 0.3 is 0 Å². The van der Waals surface area contributed by atoms with Crippen LogP contribution < -0.4 is 15.0 Å². The van der Waals surface area contributed by atoms with E-state index in [0.717, 1.165) is 28.9 Å². The Morgan fingerprint density at radius 3 is 2.66 bits per heavy atom. The first-order valence-corrected chi connectivity index (χ1v) is 13.4. The molecule has 2 heterocycles. The summed E-state index contributed by atoms with van der Waals surface area (Å²) in [5.74, 6) is 1.21. The molecule has 1 aliphatic heterocycles. The number of nitrogens with one attached hydrogen (secondary N) is 1. The number of aryl methyl sites for hydroxylation is 2. The molecule has 4 aromatic rings. The number of benzene rings is 3. The smallest absolute Gasteiger partial charge is 0.251 e. The van der Waals surface area contributed by atoms with Gasteiger partial charge in [0.15, 0.2) is 11.0 Å². The van der Waals surface area contributed by atoms with Gasteiger partial charge in [-0.2, -0.15) is 0 Å². The van der Waals surface area contributed by atoms with Crippen LogP contribution in [-0.2, 0) is 17.8 Å². The van der Waals surface area contributed by atoms with Crippen LogP contribution in [0.4, 0.5) is 5.69 Å². The molecule has 38 heavy (non-hydrogen) atoms. The summed E-state index contributed by atoms with van der Waals surface area (Å²) in [6.07, 6.45) is 0.864. The van der Waals surface area contributed by atoms with E-state index in [1.54, 1.807) is 31.4 Å². The first-order chi connectivity index (χ1) is 18.4. The highest BCUT2D eigenvalue weighted by atomic mass is 32.2. The van der Waals surface area contributed by atoms with Crippen molar-refractivity contribution in [1.29, 1.82) is 0 Å². The summed E-state index contributed by atoms with van der Waals surface area (Å²) < 4.78 is 7.16. The summed E-state index contributed by atoms with van der Waals surface area (Å²) in [4.78, 5) is 27.8. The molecule has 9 heteroatoms. The van der Waals surface area contributed by atoms with E-state index >= 15 is 0 Å². The summed E-state index contributed by atoms with van der Waals surface area (Å²) in [5.41, 5.74) is 5.77. The fourth-order valence-corrected chi connectivity index (χ4v) is 5.47. The number of thioether (sulfide) groups is 1. The van der Waals surface area contributed by atoms with Crippen LogP contribution in [0.15, 0.2) is 71.9 Å². The Kier molecular flexibility index (Phi) is 7.46. The molecule has 0 unspecified atom stereocenters. The summed E-state index contributed by atoms with van der Waals surface area (Å²) in [6.45, 7) is 4.93. The number of nitrogens with zero attached hydrogens (tertiary/aromatic N) is 4. The minimum atomic E-state index is -0.240. The highest BCUT2D eigenvalue weighted by Gasteiger charge is 2.25. The first kappa shape index (κ1) is 25.5. The van der Waals surface area contributed by atoms with Gasteiger partial charge in [-0.15, -0.1) is 10.2 Å².